The Balaban J connectivity index is 2.19. The molecule has 2 atom stereocenters. The van der Waals surface area contributed by atoms with Gasteiger partial charge < -0.3 is 10.4 Å². The van der Waals surface area contributed by atoms with Crippen molar-refractivity contribution in [3.05, 3.63) is 40.8 Å². The molecule has 2 rings (SSSR count). The fraction of sp³-hybridized carbons (Fsp3) is 0.375. The zero-order valence-corrected chi connectivity index (χ0v) is 13.0. The predicted molar refractivity (Wildman–Crippen MR) is 85.0 cm³/mol. The number of carbonyl (C=O) groups is 2. The minimum absolute atomic E-state index is 0.210. The van der Waals surface area contributed by atoms with E-state index in [0.717, 1.165) is 4.68 Å². The molecule has 1 aromatic heterocycles. The maximum atomic E-state index is 12.3. The van der Waals surface area contributed by atoms with Gasteiger partial charge in [0.25, 0.3) is 5.56 Å². The number of nitrogens with one attached hydrogen (secondary N) is 1. The average Bonchev–Trinajstić information content (AvgIpc) is 2.54. The van der Waals surface area contributed by atoms with E-state index in [1.165, 1.54) is 6.20 Å². The fourth-order valence-corrected chi connectivity index (χ4v) is 2.28. The van der Waals surface area contributed by atoms with Crippen molar-refractivity contribution < 1.29 is 14.7 Å². The molecule has 2 N–H and O–H groups in total. The van der Waals surface area contributed by atoms with Crippen LogP contribution in [0, 0.1) is 5.92 Å². The van der Waals surface area contributed by atoms with Gasteiger partial charge in [-0.15, -0.1) is 0 Å². The Morgan fingerprint density at radius 3 is 2.70 bits per heavy atom. The highest BCUT2D eigenvalue weighted by Crippen LogP contribution is 2.08. The first-order chi connectivity index (χ1) is 10.9. The van der Waals surface area contributed by atoms with Gasteiger partial charge in [0.15, 0.2) is 0 Å². The number of aromatic nitrogens is 2. The number of benzene rings is 1. The molecule has 1 amide bonds. The van der Waals surface area contributed by atoms with Gasteiger partial charge in [-0.25, -0.2) is 9.48 Å². The van der Waals surface area contributed by atoms with Gasteiger partial charge in [-0.3, -0.25) is 9.59 Å². The van der Waals surface area contributed by atoms with Crippen molar-refractivity contribution in [3.63, 3.8) is 0 Å². The molecule has 7 heteroatoms. The van der Waals surface area contributed by atoms with Crippen LogP contribution in [0.25, 0.3) is 10.8 Å². The number of carboxylic acid groups (broad SMARTS) is 1. The largest absolute Gasteiger partial charge is 0.480 e. The number of carbonyl (C=O) groups excluding carboxylic acids is 1. The Labute approximate surface area is 132 Å². The summed E-state index contributed by atoms with van der Waals surface area (Å²) in [7, 11) is 0. The van der Waals surface area contributed by atoms with Crippen LogP contribution in [0.5, 0.6) is 0 Å². The van der Waals surface area contributed by atoms with Gasteiger partial charge in [0, 0.05) is 5.39 Å². The first-order valence-corrected chi connectivity index (χ1v) is 7.41. The fourth-order valence-electron chi connectivity index (χ4n) is 2.28. The SMILES string of the molecule is CC[C@H](C)[C@@H](NC(=O)Cn1ncc2ccccc2c1=O)C(=O)O. The normalized spacial score (nSPS) is 13.5. The number of hydrogen-bond donors (Lipinski definition) is 2. The van der Waals surface area contributed by atoms with E-state index in [2.05, 4.69) is 10.4 Å². The first kappa shape index (κ1) is 16.7. The molecule has 0 aliphatic heterocycles. The van der Waals surface area contributed by atoms with Gasteiger partial charge >= 0.3 is 5.97 Å². The summed E-state index contributed by atoms with van der Waals surface area (Å²) in [6.07, 6.45) is 2.12. The summed E-state index contributed by atoms with van der Waals surface area (Å²) in [5, 5.41) is 16.8. The van der Waals surface area contributed by atoms with Crippen molar-refractivity contribution >= 4 is 22.6 Å². The maximum absolute atomic E-state index is 12.3. The maximum Gasteiger partial charge on any atom is 0.326 e. The molecule has 0 bridgehead atoms. The Kier molecular flexibility index (Phi) is 5.10. The first-order valence-electron chi connectivity index (χ1n) is 7.41. The molecule has 7 nitrogen and oxygen atoms in total. The molecule has 0 fully saturated rings. The van der Waals surface area contributed by atoms with Gasteiger partial charge in [0.1, 0.15) is 12.6 Å². The molecule has 0 aliphatic rings. The Hall–Kier alpha value is -2.70. The van der Waals surface area contributed by atoms with E-state index in [1.54, 1.807) is 31.2 Å². The highest BCUT2D eigenvalue weighted by atomic mass is 16.4. The van der Waals surface area contributed by atoms with E-state index in [4.69, 9.17) is 0 Å². The number of aliphatic carboxylic acids is 1. The lowest BCUT2D eigenvalue weighted by Crippen LogP contribution is -2.47. The minimum Gasteiger partial charge on any atom is -0.480 e. The van der Waals surface area contributed by atoms with Gasteiger partial charge in [-0.1, -0.05) is 38.5 Å². The van der Waals surface area contributed by atoms with Crippen LogP contribution in [0.1, 0.15) is 20.3 Å². The van der Waals surface area contributed by atoms with Crippen LogP contribution < -0.4 is 10.9 Å². The van der Waals surface area contributed by atoms with Gasteiger partial charge in [0.2, 0.25) is 5.91 Å². The topological polar surface area (TPSA) is 101 Å². The van der Waals surface area contributed by atoms with E-state index >= 15 is 0 Å². The molecule has 0 saturated heterocycles. The molecular weight excluding hydrogens is 298 g/mol. The lowest BCUT2D eigenvalue weighted by Gasteiger charge is -2.20. The Bertz CT molecular complexity index is 784. The summed E-state index contributed by atoms with van der Waals surface area (Å²) in [5.41, 5.74) is -0.381. The zero-order valence-electron chi connectivity index (χ0n) is 13.0. The number of nitrogens with zero attached hydrogens (tertiary/aromatic N) is 2. The van der Waals surface area contributed by atoms with Crippen molar-refractivity contribution in [2.24, 2.45) is 5.92 Å². The van der Waals surface area contributed by atoms with E-state index < -0.39 is 17.9 Å². The Morgan fingerprint density at radius 2 is 2.04 bits per heavy atom. The zero-order chi connectivity index (χ0) is 17.0. The third-order valence-corrected chi connectivity index (χ3v) is 3.85. The molecule has 0 unspecified atom stereocenters. The van der Waals surface area contributed by atoms with Crippen LogP contribution in [-0.2, 0) is 16.1 Å². The van der Waals surface area contributed by atoms with Gasteiger partial charge in [-0.05, 0) is 12.0 Å². The second-order valence-corrected chi connectivity index (χ2v) is 5.46. The Morgan fingerprint density at radius 1 is 1.35 bits per heavy atom. The highest BCUT2D eigenvalue weighted by Gasteiger charge is 2.25. The summed E-state index contributed by atoms with van der Waals surface area (Å²) in [4.78, 5) is 35.6. The van der Waals surface area contributed by atoms with Crippen LogP contribution in [0.15, 0.2) is 35.3 Å². The molecule has 0 saturated carbocycles. The molecule has 0 aliphatic carbocycles. The summed E-state index contributed by atoms with van der Waals surface area (Å²) in [6.45, 7) is 3.28. The molecule has 0 radical (unpaired) electrons. The number of hydrogen-bond acceptors (Lipinski definition) is 4. The molecule has 1 aromatic carbocycles. The van der Waals surface area contributed by atoms with E-state index in [0.29, 0.717) is 17.2 Å². The van der Waals surface area contributed by atoms with E-state index in [9.17, 15) is 19.5 Å². The van der Waals surface area contributed by atoms with Crippen molar-refractivity contribution in [2.45, 2.75) is 32.9 Å². The molecule has 2 aromatic rings. The average molecular weight is 317 g/mol. The molecule has 0 spiro atoms. The molecule has 1 heterocycles. The van der Waals surface area contributed by atoms with Gasteiger partial charge in [0.05, 0.1) is 11.6 Å². The lowest BCUT2D eigenvalue weighted by molar-refractivity contribution is -0.143. The second kappa shape index (κ2) is 7.04. The van der Waals surface area contributed by atoms with Crippen molar-refractivity contribution in [2.75, 3.05) is 0 Å². The summed E-state index contributed by atoms with van der Waals surface area (Å²) >= 11 is 0. The summed E-state index contributed by atoms with van der Waals surface area (Å²) in [6, 6.07) is 5.97. The number of rotatable bonds is 6. The van der Waals surface area contributed by atoms with Crippen LogP contribution in [-0.4, -0.2) is 32.8 Å². The van der Waals surface area contributed by atoms with E-state index in [1.807, 2.05) is 6.92 Å². The van der Waals surface area contributed by atoms with Crippen LogP contribution >= 0.6 is 0 Å². The summed E-state index contributed by atoms with van der Waals surface area (Å²) in [5.74, 6) is -1.85. The molecule has 23 heavy (non-hydrogen) atoms. The summed E-state index contributed by atoms with van der Waals surface area (Å²) < 4.78 is 1.03. The second-order valence-electron chi connectivity index (χ2n) is 5.46. The van der Waals surface area contributed by atoms with Gasteiger partial charge in [-0.2, -0.15) is 5.10 Å². The van der Waals surface area contributed by atoms with E-state index in [-0.39, 0.29) is 18.0 Å². The highest BCUT2D eigenvalue weighted by molar-refractivity contribution is 5.84. The smallest absolute Gasteiger partial charge is 0.326 e. The number of amides is 1. The standard InChI is InChI=1S/C16H19N3O4/c1-3-10(2)14(16(22)23)18-13(20)9-19-15(21)12-7-5-4-6-11(12)8-17-19/h4-8,10,14H,3,9H2,1-2H3,(H,18,20)(H,22,23)/t10-,14+/m0/s1. The monoisotopic (exact) mass is 317 g/mol. The lowest BCUT2D eigenvalue weighted by atomic mass is 9.99. The third kappa shape index (κ3) is 3.74. The molecule has 122 valence electrons. The number of carboxylic acids is 1. The quantitative estimate of drug-likeness (QED) is 0.828. The number of fused-ring (bicyclic) bond motifs is 1. The van der Waals surface area contributed by atoms with Crippen LogP contribution in [0.2, 0.25) is 0 Å². The third-order valence-electron chi connectivity index (χ3n) is 3.85. The van der Waals surface area contributed by atoms with Crippen LogP contribution in [0.3, 0.4) is 0 Å². The minimum atomic E-state index is -1.09. The van der Waals surface area contributed by atoms with Crippen molar-refractivity contribution in [3.8, 4) is 0 Å². The van der Waals surface area contributed by atoms with Crippen molar-refractivity contribution in [1.29, 1.82) is 0 Å². The van der Waals surface area contributed by atoms with Crippen molar-refractivity contribution in [1.82, 2.24) is 15.1 Å². The molecular formula is C16H19N3O4. The van der Waals surface area contributed by atoms with Crippen LogP contribution in [0.4, 0.5) is 0 Å². The predicted octanol–water partition coefficient (Wildman–Crippen LogP) is 1.01.